The van der Waals surface area contributed by atoms with E-state index >= 15 is 0 Å². The summed E-state index contributed by atoms with van der Waals surface area (Å²) < 4.78 is 0. The molecule has 0 fully saturated rings. The summed E-state index contributed by atoms with van der Waals surface area (Å²) in [6, 6.07) is 2.20. The number of nitrogens with one attached hydrogen (secondary N) is 2. The molecule has 2 rings (SSSR count). The maximum atomic E-state index is 4.51. The quantitative estimate of drug-likeness (QED) is 0.869. The fraction of sp³-hybridized carbons (Fsp3) is 0.538. The first-order valence-electron chi connectivity index (χ1n) is 6.36. The van der Waals surface area contributed by atoms with Crippen LogP contribution in [-0.2, 0) is 6.42 Å². The van der Waals surface area contributed by atoms with Crippen molar-refractivity contribution in [1.29, 1.82) is 0 Å². The molecule has 0 spiro atoms. The van der Waals surface area contributed by atoms with Crippen molar-refractivity contribution in [2.45, 2.75) is 27.2 Å². The Morgan fingerprint density at radius 2 is 2.11 bits per heavy atom. The average Bonchev–Trinajstić information content (AvgIpc) is 2.78. The number of aromatic nitrogens is 2. The van der Waals surface area contributed by atoms with Crippen LogP contribution in [0.5, 0.6) is 0 Å². The van der Waals surface area contributed by atoms with Crippen LogP contribution < -0.4 is 10.6 Å². The van der Waals surface area contributed by atoms with Crippen molar-refractivity contribution in [2.24, 2.45) is 5.92 Å². The molecule has 98 valence electrons. The van der Waals surface area contributed by atoms with E-state index in [1.54, 1.807) is 11.3 Å². The minimum atomic E-state index is 0.595. The van der Waals surface area contributed by atoms with Crippen LogP contribution in [-0.4, -0.2) is 23.6 Å². The summed E-state index contributed by atoms with van der Waals surface area (Å²) in [5.74, 6) is 2.21. The molecular weight excluding hydrogens is 244 g/mol. The molecule has 2 N–H and O–H groups in total. The third-order valence-electron chi connectivity index (χ3n) is 2.69. The number of nitrogens with zero attached hydrogens (tertiary/aromatic N) is 2. The molecule has 0 unspecified atom stereocenters. The molecule has 0 radical (unpaired) electrons. The van der Waals surface area contributed by atoms with E-state index in [1.165, 1.54) is 4.88 Å². The van der Waals surface area contributed by atoms with Crippen LogP contribution in [0.4, 0.5) is 11.8 Å². The smallest absolute Gasteiger partial charge is 0.225 e. The molecule has 2 aromatic heterocycles. The molecule has 0 aliphatic carbocycles. The largest absolute Gasteiger partial charge is 0.369 e. The van der Waals surface area contributed by atoms with E-state index < -0.39 is 0 Å². The zero-order chi connectivity index (χ0) is 13.1. The Labute approximate surface area is 112 Å². The Balaban J connectivity index is 2.43. The standard InChI is InChI=1S/C13H20N4S/c1-5-9-6-10-11(15-7-8(2)3)16-13(14-4)17-12(10)18-9/h6,8H,5,7H2,1-4H3,(H2,14,15,16,17). The van der Waals surface area contributed by atoms with Crippen LogP contribution in [0.15, 0.2) is 6.07 Å². The number of hydrogen-bond donors (Lipinski definition) is 2. The monoisotopic (exact) mass is 264 g/mol. The van der Waals surface area contributed by atoms with E-state index in [-0.39, 0.29) is 0 Å². The molecule has 0 atom stereocenters. The van der Waals surface area contributed by atoms with Gasteiger partial charge in [0.15, 0.2) is 0 Å². The second kappa shape index (κ2) is 5.52. The highest BCUT2D eigenvalue weighted by Crippen LogP contribution is 2.30. The number of thiophene rings is 1. The normalized spacial score (nSPS) is 11.2. The highest BCUT2D eigenvalue weighted by Gasteiger charge is 2.10. The van der Waals surface area contributed by atoms with Crippen molar-refractivity contribution < 1.29 is 0 Å². The average molecular weight is 264 g/mol. The molecular formula is C13H20N4S. The first kappa shape index (κ1) is 13.1. The third kappa shape index (κ3) is 2.72. The van der Waals surface area contributed by atoms with Gasteiger partial charge in [-0.15, -0.1) is 11.3 Å². The second-order valence-corrected chi connectivity index (χ2v) is 5.82. The van der Waals surface area contributed by atoms with E-state index in [9.17, 15) is 0 Å². The van der Waals surface area contributed by atoms with Gasteiger partial charge in [0.25, 0.3) is 0 Å². The van der Waals surface area contributed by atoms with Crippen LogP contribution in [0.3, 0.4) is 0 Å². The van der Waals surface area contributed by atoms with Gasteiger partial charge < -0.3 is 10.6 Å². The molecule has 0 saturated carbocycles. The van der Waals surface area contributed by atoms with Crippen molar-refractivity contribution in [2.75, 3.05) is 24.2 Å². The summed E-state index contributed by atoms with van der Waals surface area (Å²) in [4.78, 5) is 11.4. The molecule has 0 aliphatic heterocycles. The molecule has 5 heteroatoms. The van der Waals surface area contributed by atoms with Gasteiger partial charge in [-0.1, -0.05) is 20.8 Å². The Kier molecular flexibility index (Phi) is 4.01. The van der Waals surface area contributed by atoms with Crippen molar-refractivity contribution in [3.63, 3.8) is 0 Å². The van der Waals surface area contributed by atoms with Gasteiger partial charge in [-0.2, -0.15) is 4.98 Å². The van der Waals surface area contributed by atoms with E-state index in [0.717, 1.165) is 29.0 Å². The minimum Gasteiger partial charge on any atom is -0.369 e. The van der Waals surface area contributed by atoms with Crippen molar-refractivity contribution in [3.05, 3.63) is 10.9 Å². The molecule has 18 heavy (non-hydrogen) atoms. The van der Waals surface area contributed by atoms with Crippen LogP contribution in [0.25, 0.3) is 10.2 Å². The summed E-state index contributed by atoms with van der Waals surface area (Å²) in [5.41, 5.74) is 0. The molecule has 0 aromatic carbocycles. The van der Waals surface area contributed by atoms with Gasteiger partial charge in [-0.3, -0.25) is 0 Å². The predicted molar refractivity (Wildman–Crippen MR) is 79.7 cm³/mol. The predicted octanol–water partition coefficient (Wildman–Crippen LogP) is 3.36. The Hall–Kier alpha value is -1.36. The number of fused-ring (bicyclic) bond motifs is 1. The summed E-state index contributed by atoms with van der Waals surface area (Å²) in [7, 11) is 1.85. The molecule has 0 bridgehead atoms. The Morgan fingerprint density at radius 1 is 1.33 bits per heavy atom. The maximum Gasteiger partial charge on any atom is 0.225 e. The lowest BCUT2D eigenvalue weighted by Gasteiger charge is -2.10. The van der Waals surface area contributed by atoms with Gasteiger partial charge in [0.1, 0.15) is 10.6 Å². The van der Waals surface area contributed by atoms with Crippen molar-refractivity contribution in [1.82, 2.24) is 9.97 Å². The minimum absolute atomic E-state index is 0.595. The molecule has 0 saturated heterocycles. The topological polar surface area (TPSA) is 49.8 Å². The summed E-state index contributed by atoms with van der Waals surface area (Å²) >= 11 is 1.74. The Bertz CT molecular complexity index is 533. The second-order valence-electron chi connectivity index (χ2n) is 4.71. The van der Waals surface area contributed by atoms with Crippen LogP contribution in [0.1, 0.15) is 25.6 Å². The molecule has 2 heterocycles. The number of anilines is 2. The molecule has 4 nitrogen and oxygen atoms in total. The maximum absolute atomic E-state index is 4.51. The van der Waals surface area contributed by atoms with E-state index in [2.05, 4.69) is 47.4 Å². The summed E-state index contributed by atoms with van der Waals surface area (Å²) in [6.07, 6.45) is 1.04. The summed E-state index contributed by atoms with van der Waals surface area (Å²) in [5, 5.41) is 7.57. The van der Waals surface area contributed by atoms with E-state index in [4.69, 9.17) is 0 Å². The first-order chi connectivity index (χ1) is 8.63. The lowest BCUT2D eigenvalue weighted by molar-refractivity contribution is 0.687. The third-order valence-corrected chi connectivity index (χ3v) is 3.87. The van der Waals surface area contributed by atoms with Gasteiger partial charge in [-0.25, -0.2) is 4.98 Å². The fourth-order valence-corrected chi connectivity index (χ4v) is 2.66. The van der Waals surface area contributed by atoms with Crippen LogP contribution in [0, 0.1) is 5.92 Å². The lowest BCUT2D eigenvalue weighted by Crippen LogP contribution is -2.10. The van der Waals surface area contributed by atoms with Gasteiger partial charge >= 0.3 is 0 Å². The summed E-state index contributed by atoms with van der Waals surface area (Å²) in [6.45, 7) is 7.47. The number of hydrogen-bond acceptors (Lipinski definition) is 5. The first-order valence-corrected chi connectivity index (χ1v) is 7.17. The molecule has 0 amide bonds. The number of rotatable bonds is 5. The van der Waals surface area contributed by atoms with Gasteiger partial charge in [0.05, 0.1) is 5.39 Å². The zero-order valence-corrected chi connectivity index (χ0v) is 12.2. The van der Waals surface area contributed by atoms with Crippen molar-refractivity contribution >= 4 is 33.3 Å². The molecule has 2 aromatic rings. The van der Waals surface area contributed by atoms with Gasteiger partial charge in [0.2, 0.25) is 5.95 Å². The number of aryl methyl sites for hydroxylation is 1. The zero-order valence-electron chi connectivity index (χ0n) is 11.4. The Morgan fingerprint density at radius 3 is 2.72 bits per heavy atom. The van der Waals surface area contributed by atoms with Crippen molar-refractivity contribution in [3.8, 4) is 0 Å². The highest BCUT2D eigenvalue weighted by atomic mass is 32.1. The van der Waals surface area contributed by atoms with Gasteiger partial charge in [0, 0.05) is 18.5 Å². The van der Waals surface area contributed by atoms with Crippen LogP contribution in [0.2, 0.25) is 0 Å². The van der Waals surface area contributed by atoms with Crippen LogP contribution >= 0.6 is 11.3 Å². The fourth-order valence-electron chi connectivity index (χ4n) is 1.69. The molecule has 0 aliphatic rings. The van der Waals surface area contributed by atoms with E-state index in [1.807, 2.05) is 7.05 Å². The highest BCUT2D eigenvalue weighted by molar-refractivity contribution is 7.18. The SMILES string of the molecule is CCc1cc2c(NCC(C)C)nc(NC)nc2s1. The van der Waals surface area contributed by atoms with E-state index in [0.29, 0.717) is 11.9 Å². The lowest BCUT2D eigenvalue weighted by atomic mass is 10.2. The van der Waals surface area contributed by atoms with Gasteiger partial charge in [-0.05, 0) is 18.4 Å².